The van der Waals surface area contributed by atoms with Crippen LogP contribution >= 0.6 is 36.7 Å². The van der Waals surface area contributed by atoms with E-state index in [0.717, 1.165) is 66.8 Å². The maximum Gasteiger partial charge on any atom is 0.264 e. The Kier molecular flexibility index (Phi) is 14.5. The first-order valence-electron chi connectivity index (χ1n) is 21.9. The van der Waals surface area contributed by atoms with E-state index in [1.165, 1.54) is 0 Å². The summed E-state index contributed by atoms with van der Waals surface area (Å²) in [7, 11) is 11.4. The van der Waals surface area contributed by atoms with Gasteiger partial charge in [0.1, 0.15) is 23.0 Å². The number of aromatic hydroxyl groups is 1. The molecule has 0 amide bonds. The number of thiocarbonyl (C=S) groups is 3. The van der Waals surface area contributed by atoms with Crippen LogP contribution in [0, 0.1) is 0 Å². The zero-order chi connectivity index (χ0) is 47.3. The van der Waals surface area contributed by atoms with E-state index in [2.05, 4.69) is 132 Å². The van der Waals surface area contributed by atoms with Crippen molar-refractivity contribution in [1.29, 1.82) is 0 Å². The molecule has 0 aliphatic heterocycles. The molecule has 0 unspecified atom stereocenters. The maximum atomic E-state index is 12.6. The number of benzene rings is 4. The summed E-state index contributed by atoms with van der Waals surface area (Å²) in [5.74, 6) is 2.29. The number of hydrogen-bond acceptors (Lipinski definition) is 7. The van der Waals surface area contributed by atoms with Crippen molar-refractivity contribution in [3.8, 4) is 23.0 Å². The molecule has 1 aliphatic rings. The Morgan fingerprint density at radius 3 is 0.730 bits per heavy atom. The first-order valence-corrected chi connectivity index (χ1v) is 23.1. The molecule has 1 N–H and O–H groups in total. The number of nitrogens with zero attached hydrogens (tertiary/aromatic N) is 3. The van der Waals surface area contributed by atoms with Crippen LogP contribution in [-0.2, 0) is 47.3 Å². The van der Waals surface area contributed by atoms with Crippen LogP contribution in [0.25, 0.3) is 0 Å². The third-order valence-electron chi connectivity index (χ3n) is 11.6. The molecule has 8 bridgehead atoms. The fourth-order valence-corrected chi connectivity index (χ4v) is 7.81. The Bertz CT molecular complexity index is 2280. The number of hydrogen-bond donors (Lipinski definition) is 1. The van der Waals surface area contributed by atoms with Gasteiger partial charge in [-0.1, -0.05) is 132 Å². The molecule has 340 valence electrons. The van der Waals surface area contributed by atoms with Gasteiger partial charge in [-0.05, 0) is 125 Å². The van der Waals surface area contributed by atoms with E-state index in [1.54, 1.807) is 0 Å². The molecule has 0 heterocycles. The lowest BCUT2D eigenvalue weighted by Gasteiger charge is -2.29. The number of rotatable bonds is 3. The highest BCUT2D eigenvalue weighted by molar-refractivity contribution is 7.80. The van der Waals surface area contributed by atoms with Gasteiger partial charge in [0.05, 0.1) is 0 Å². The van der Waals surface area contributed by atoms with Crippen molar-refractivity contribution in [1.82, 2.24) is 14.7 Å². The summed E-state index contributed by atoms with van der Waals surface area (Å²) < 4.78 is 20.5. The summed E-state index contributed by atoms with van der Waals surface area (Å²) in [5.41, 5.74) is 11.0. The van der Waals surface area contributed by atoms with Crippen LogP contribution in [0.2, 0.25) is 0 Å². The Hall–Kier alpha value is -4.25. The molecule has 0 atom stereocenters. The molecule has 0 saturated carbocycles. The van der Waals surface area contributed by atoms with Gasteiger partial charge in [-0.15, -0.1) is 0 Å². The fourth-order valence-electron chi connectivity index (χ4n) is 7.56. The Morgan fingerprint density at radius 1 is 0.381 bits per heavy atom. The van der Waals surface area contributed by atoms with E-state index in [0.29, 0.717) is 58.5 Å². The van der Waals surface area contributed by atoms with Crippen LogP contribution in [0.5, 0.6) is 23.0 Å². The SMILES string of the molecule is CN(C)C(=S)Oc1c2cc(C(C)(C)C)cc1Cc1cc(C(C)(C)C)cc(c1OC(=S)N(C)C)Cc1cc(C(C)(C)C)cc(c1OC(=S)N(C)C)Cc1cc(C(C)(C)C)cc(c1O)C2. The largest absolute Gasteiger partial charge is 0.507 e. The predicted molar refractivity (Wildman–Crippen MR) is 274 cm³/mol. The minimum absolute atomic E-state index is 0.216. The topological polar surface area (TPSA) is 57.6 Å². The van der Waals surface area contributed by atoms with Gasteiger partial charge in [-0.2, -0.15) is 0 Å². The minimum Gasteiger partial charge on any atom is -0.507 e. The summed E-state index contributed by atoms with van der Waals surface area (Å²) in [6.07, 6.45) is 1.69. The van der Waals surface area contributed by atoms with E-state index in [-0.39, 0.29) is 27.4 Å². The summed E-state index contributed by atoms with van der Waals surface area (Å²) >= 11 is 17.7. The first-order chi connectivity index (χ1) is 28.8. The van der Waals surface area contributed by atoms with E-state index in [9.17, 15) is 5.11 Å². The molecule has 1 aliphatic carbocycles. The second kappa shape index (κ2) is 18.3. The average Bonchev–Trinajstić information content (AvgIpc) is 3.13. The number of ether oxygens (including phenoxy) is 3. The van der Waals surface area contributed by atoms with Gasteiger partial charge in [0.25, 0.3) is 15.5 Å². The lowest BCUT2D eigenvalue weighted by molar-refractivity contribution is 0.435. The molecular weight excluding hydrogens is 839 g/mol. The van der Waals surface area contributed by atoms with E-state index in [1.807, 2.05) is 57.0 Å². The normalized spacial score (nSPS) is 13.2. The quantitative estimate of drug-likeness (QED) is 0.177. The monoisotopic (exact) mass is 909 g/mol. The van der Waals surface area contributed by atoms with E-state index >= 15 is 0 Å². The summed E-state index contributed by atoms with van der Waals surface area (Å²) in [6.45, 7) is 26.7. The van der Waals surface area contributed by atoms with Crippen LogP contribution < -0.4 is 14.2 Å². The molecule has 0 radical (unpaired) electrons. The van der Waals surface area contributed by atoms with Crippen LogP contribution in [0.1, 0.15) is 150 Å². The van der Waals surface area contributed by atoms with Gasteiger partial charge >= 0.3 is 0 Å². The zero-order valence-electron chi connectivity index (χ0n) is 41.2. The number of phenols is 1. The van der Waals surface area contributed by atoms with Crippen molar-refractivity contribution >= 4 is 52.2 Å². The molecule has 5 rings (SSSR count). The predicted octanol–water partition coefficient (Wildman–Crippen LogP) is 11.9. The molecule has 4 aromatic rings. The molecular formula is C53H71N3O4S3. The maximum absolute atomic E-state index is 12.6. The highest BCUT2D eigenvalue weighted by atomic mass is 32.1. The van der Waals surface area contributed by atoms with E-state index in [4.69, 9.17) is 50.9 Å². The summed E-state index contributed by atoms with van der Waals surface area (Å²) in [5, 5.41) is 13.6. The van der Waals surface area contributed by atoms with Crippen molar-refractivity contribution in [3.05, 3.63) is 115 Å². The lowest BCUT2D eigenvalue weighted by Crippen LogP contribution is -2.27. The Morgan fingerprint density at radius 2 is 0.556 bits per heavy atom. The zero-order valence-corrected chi connectivity index (χ0v) is 43.6. The van der Waals surface area contributed by atoms with Crippen LogP contribution in [-0.4, -0.2) is 77.6 Å². The van der Waals surface area contributed by atoms with Gasteiger partial charge in [-0.3, -0.25) is 0 Å². The van der Waals surface area contributed by atoms with Gasteiger partial charge in [0, 0.05) is 68.0 Å². The standard InChI is InChI=1S/C53H71N3O4S3/c1-50(2,3)39-23-31-19-33-25-40(51(4,5)6)27-35(44(33)58-47(61)54(13)14)21-37-29-42(53(10,11)12)30-38(46(37)60-49(63)56(17)18)22-36-28-41(52(7,8)9)26-34(20-32(24-39)43(31)57)45(36)59-48(62)55(15)16/h23-30,57H,19-22H2,1-18H3. The molecule has 0 saturated heterocycles. The molecule has 7 nitrogen and oxygen atoms in total. The molecule has 63 heavy (non-hydrogen) atoms. The average molecular weight is 910 g/mol. The third kappa shape index (κ3) is 11.7. The summed E-state index contributed by atoms with van der Waals surface area (Å²) in [6, 6.07) is 17.8. The van der Waals surface area contributed by atoms with Gasteiger partial charge < -0.3 is 34.0 Å². The van der Waals surface area contributed by atoms with Crippen LogP contribution in [0.15, 0.2) is 48.5 Å². The number of phenolic OH excluding ortho intramolecular Hbond substituents is 1. The van der Waals surface area contributed by atoms with Crippen molar-refractivity contribution in [2.75, 3.05) is 42.3 Å². The molecule has 0 aromatic heterocycles. The smallest absolute Gasteiger partial charge is 0.264 e. The highest BCUT2D eigenvalue weighted by Gasteiger charge is 2.30. The third-order valence-corrected chi connectivity index (χ3v) is 13.0. The first kappa shape index (κ1) is 49.8. The fraction of sp³-hybridized carbons (Fsp3) is 0.491. The second-order valence-electron chi connectivity index (χ2n) is 22.0. The molecule has 0 fully saturated rings. The lowest BCUT2D eigenvalue weighted by atomic mass is 9.79. The summed E-state index contributed by atoms with van der Waals surface area (Å²) in [4.78, 5) is 5.45. The Labute approximate surface area is 395 Å². The minimum atomic E-state index is -0.219. The van der Waals surface area contributed by atoms with Crippen molar-refractivity contribution in [3.63, 3.8) is 0 Å². The van der Waals surface area contributed by atoms with Crippen molar-refractivity contribution in [2.24, 2.45) is 0 Å². The molecule has 0 spiro atoms. The highest BCUT2D eigenvalue weighted by Crippen LogP contribution is 2.44. The van der Waals surface area contributed by atoms with Crippen LogP contribution in [0.4, 0.5) is 0 Å². The van der Waals surface area contributed by atoms with Crippen molar-refractivity contribution in [2.45, 2.75) is 130 Å². The van der Waals surface area contributed by atoms with E-state index < -0.39 is 0 Å². The van der Waals surface area contributed by atoms with Gasteiger partial charge in [0.15, 0.2) is 0 Å². The Balaban J connectivity index is 2.05. The van der Waals surface area contributed by atoms with Crippen molar-refractivity contribution < 1.29 is 19.3 Å². The van der Waals surface area contributed by atoms with Gasteiger partial charge in [0.2, 0.25) is 0 Å². The molecule has 4 aromatic carbocycles. The van der Waals surface area contributed by atoms with Gasteiger partial charge in [-0.25, -0.2) is 0 Å². The second-order valence-corrected chi connectivity index (χ2v) is 23.1. The van der Waals surface area contributed by atoms with Crippen LogP contribution in [0.3, 0.4) is 0 Å². The molecule has 10 heteroatoms. The number of fused-ring (bicyclic) bond motifs is 8.